The lowest BCUT2D eigenvalue weighted by atomic mass is 10.1. The maximum Gasteiger partial charge on any atom is 0.414 e. The van der Waals surface area contributed by atoms with Gasteiger partial charge in [0.1, 0.15) is 17.6 Å². The van der Waals surface area contributed by atoms with Gasteiger partial charge in [0.25, 0.3) is 0 Å². The van der Waals surface area contributed by atoms with Crippen molar-refractivity contribution in [3.8, 4) is 22.6 Å². The number of halogens is 1. The van der Waals surface area contributed by atoms with Crippen LogP contribution in [0.2, 0.25) is 0 Å². The van der Waals surface area contributed by atoms with Gasteiger partial charge in [-0.1, -0.05) is 11.2 Å². The summed E-state index contributed by atoms with van der Waals surface area (Å²) in [6.07, 6.45) is 0.757. The molecule has 1 N–H and O–H groups in total. The van der Waals surface area contributed by atoms with Crippen LogP contribution in [0.4, 0.5) is 14.9 Å². The number of aliphatic hydroxyl groups excluding tert-OH is 1. The fourth-order valence-corrected chi connectivity index (χ4v) is 3.14. The van der Waals surface area contributed by atoms with Gasteiger partial charge in [0.05, 0.1) is 31.9 Å². The average molecular weight is 427 g/mol. The van der Waals surface area contributed by atoms with Crippen molar-refractivity contribution in [2.24, 2.45) is 5.18 Å². The van der Waals surface area contributed by atoms with E-state index in [0.717, 1.165) is 0 Å². The normalized spacial score (nSPS) is 15.9. The molecule has 1 aromatic carbocycles. The number of hydrogen-bond acceptors (Lipinski definition) is 9. The molecule has 0 bridgehead atoms. The molecule has 160 valence electrons. The molecular formula is C19H18FN7O4. The maximum absolute atomic E-state index is 14.7. The number of pyridine rings is 1. The van der Waals surface area contributed by atoms with Crippen molar-refractivity contribution in [1.82, 2.24) is 25.2 Å². The number of rotatable bonds is 8. The number of aryl methyl sites for hydroxylation is 1. The Balaban J connectivity index is 1.49. The highest BCUT2D eigenvalue weighted by atomic mass is 19.1. The Morgan fingerprint density at radius 1 is 1.29 bits per heavy atom. The minimum atomic E-state index is -0.625. The van der Waals surface area contributed by atoms with Crippen molar-refractivity contribution in [1.29, 1.82) is 0 Å². The Kier molecular flexibility index (Phi) is 5.89. The van der Waals surface area contributed by atoms with E-state index in [1.807, 2.05) is 0 Å². The summed E-state index contributed by atoms with van der Waals surface area (Å²) in [6.45, 7) is 0.455. The van der Waals surface area contributed by atoms with E-state index in [1.54, 1.807) is 24.3 Å². The lowest BCUT2D eigenvalue weighted by molar-refractivity contribution is 0.0963. The second kappa shape index (κ2) is 8.92. The number of nitroso groups, excluding NO2 is 1. The molecule has 1 aliphatic heterocycles. The highest BCUT2D eigenvalue weighted by Gasteiger charge is 2.32. The van der Waals surface area contributed by atoms with Crippen LogP contribution in [-0.4, -0.2) is 62.2 Å². The molecule has 0 spiro atoms. The van der Waals surface area contributed by atoms with Crippen LogP contribution in [0.3, 0.4) is 0 Å². The largest absolute Gasteiger partial charge is 0.441 e. The highest BCUT2D eigenvalue weighted by molar-refractivity contribution is 5.90. The van der Waals surface area contributed by atoms with Gasteiger partial charge in [-0.25, -0.2) is 9.18 Å². The van der Waals surface area contributed by atoms with Gasteiger partial charge in [-0.3, -0.25) is 9.88 Å². The van der Waals surface area contributed by atoms with Gasteiger partial charge in [-0.05, 0) is 35.9 Å². The van der Waals surface area contributed by atoms with Gasteiger partial charge in [-0.2, -0.15) is 9.70 Å². The number of aromatic nitrogens is 5. The molecule has 12 heteroatoms. The molecule has 3 heterocycles. The van der Waals surface area contributed by atoms with Crippen LogP contribution in [0.25, 0.3) is 22.6 Å². The second-order valence-corrected chi connectivity index (χ2v) is 6.81. The summed E-state index contributed by atoms with van der Waals surface area (Å²) in [6, 6.07) is 7.74. The first-order chi connectivity index (χ1) is 15.1. The number of amides is 1. The van der Waals surface area contributed by atoms with E-state index in [0.29, 0.717) is 41.3 Å². The standard InChI is InChI=1S/C19H18FN7O4/c20-16-8-13(26-10-14(11-28)31-19(26)29)3-4-15(16)12-2-5-17(21-9-12)18-23-25-27(24-18)7-1-6-22-30/h2-5,8-9,14,28H,1,6-7,10-11H2/t14-/m1/s1. The third kappa shape index (κ3) is 4.38. The summed E-state index contributed by atoms with van der Waals surface area (Å²) in [5.74, 6) is -0.215. The molecular weight excluding hydrogens is 409 g/mol. The SMILES string of the molecule is O=NCCCn1nnc(-c2ccc(-c3ccc(N4C[C@H](CO)OC4=O)cc3F)cn2)n1. The summed E-state index contributed by atoms with van der Waals surface area (Å²) in [4.78, 5) is 28.9. The molecule has 0 radical (unpaired) electrons. The van der Waals surface area contributed by atoms with Crippen molar-refractivity contribution in [3.63, 3.8) is 0 Å². The van der Waals surface area contributed by atoms with Gasteiger partial charge in [0.15, 0.2) is 0 Å². The predicted molar refractivity (Wildman–Crippen MR) is 106 cm³/mol. The third-order valence-corrected chi connectivity index (χ3v) is 4.71. The number of aliphatic hydroxyl groups is 1. The molecule has 0 saturated carbocycles. The van der Waals surface area contributed by atoms with Crippen LogP contribution < -0.4 is 4.90 Å². The summed E-state index contributed by atoms with van der Waals surface area (Å²) >= 11 is 0. The van der Waals surface area contributed by atoms with Crippen molar-refractivity contribution in [3.05, 3.63) is 47.3 Å². The molecule has 11 nitrogen and oxygen atoms in total. The summed E-state index contributed by atoms with van der Waals surface area (Å²) < 4.78 is 19.7. The van der Waals surface area contributed by atoms with E-state index in [-0.39, 0.29) is 19.7 Å². The summed E-state index contributed by atoms with van der Waals surface area (Å²) in [7, 11) is 0. The Bertz CT molecular complexity index is 1090. The van der Waals surface area contributed by atoms with Gasteiger partial charge in [-0.15, -0.1) is 10.2 Å². The zero-order valence-electron chi connectivity index (χ0n) is 16.3. The van der Waals surface area contributed by atoms with E-state index in [4.69, 9.17) is 9.84 Å². The third-order valence-electron chi connectivity index (χ3n) is 4.71. The molecule has 2 aromatic heterocycles. The Morgan fingerprint density at radius 3 is 2.84 bits per heavy atom. The highest BCUT2D eigenvalue weighted by Crippen LogP contribution is 2.29. The molecule has 0 unspecified atom stereocenters. The van der Waals surface area contributed by atoms with Crippen LogP contribution in [0.1, 0.15) is 6.42 Å². The number of anilines is 1. The molecule has 1 amide bonds. The molecule has 1 atom stereocenters. The topological polar surface area (TPSA) is 136 Å². The van der Waals surface area contributed by atoms with Crippen LogP contribution in [-0.2, 0) is 11.3 Å². The monoisotopic (exact) mass is 427 g/mol. The lowest BCUT2D eigenvalue weighted by Crippen LogP contribution is -2.25. The number of carbonyl (C=O) groups is 1. The second-order valence-electron chi connectivity index (χ2n) is 6.81. The molecule has 0 aliphatic carbocycles. The summed E-state index contributed by atoms with van der Waals surface area (Å²) in [5, 5.41) is 23.9. The average Bonchev–Trinajstić information content (AvgIpc) is 3.40. The first-order valence-corrected chi connectivity index (χ1v) is 9.51. The zero-order chi connectivity index (χ0) is 21.8. The van der Waals surface area contributed by atoms with Crippen LogP contribution >= 0.6 is 0 Å². The summed E-state index contributed by atoms with van der Waals surface area (Å²) in [5.41, 5.74) is 1.66. The van der Waals surface area contributed by atoms with Crippen LogP contribution in [0, 0.1) is 10.7 Å². The first kappa shape index (κ1) is 20.5. The fourth-order valence-electron chi connectivity index (χ4n) is 3.14. The van der Waals surface area contributed by atoms with E-state index in [9.17, 15) is 14.1 Å². The number of nitrogens with zero attached hydrogens (tertiary/aromatic N) is 7. The van der Waals surface area contributed by atoms with Gasteiger partial charge >= 0.3 is 6.09 Å². The van der Waals surface area contributed by atoms with Gasteiger partial charge in [0, 0.05) is 17.3 Å². The molecule has 3 aromatic rings. The number of cyclic esters (lactones) is 1. The van der Waals surface area contributed by atoms with Crippen molar-refractivity contribution in [2.45, 2.75) is 19.1 Å². The van der Waals surface area contributed by atoms with Crippen LogP contribution in [0.5, 0.6) is 0 Å². The number of ether oxygens (including phenoxy) is 1. The Morgan fingerprint density at radius 2 is 2.16 bits per heavy atom. The fraction of sp³-hybridized carbons (Fsp3) is 0.316. The lowest BCUT2D eigenvalue weighted by Gasteiger charge is -2.14. The minimum Gasteiger partial charge on any atom is -0.441 e. The van der Waals surface area contributed by atoms with Gasteiger partial charge < -0.3 is 9.84 Å². The molecule has 4 rings (SSSR count). The van der Waals surface area contributed by atoms with Crippen molar-refractivity contribution in [2.75, 3.05) is 24.6 Å². The smallest absolute Gasteiger partial charge is 0.414 e. The zero-order valence-corrected chi connectivity index (χ0v) is 16.3. The van der Waals surface area contributed by atoms with Crippen LogP contribution in [0.15, 0.2) is 41.7 Å². The quantitative estimate of drug-likeness (QED) is 0.426. The predicted octanol–water partition coefficient (Wildman–Crippen LogP) is 2.02. The number of hydrogen-bond donors (Lipinski definition) is 1. The molecule has 1 saturated heterocycles. The minimum absolute atomic E-state index is 0.156. The number of carbonyl (C=O) groups excluding carboxylic acids is 1. The maximum atomic E-state index is 14.7. The molecule has 1 aliphatic rings. The Labute approximate surface area is 175 Å². The Hall–Kier alpha value is -3.80. The van der Waals surface area contributed by atoms with Crippen molar-refractivity contribution >= 4 is 11.8 Å². The molecule has 1 fully saturated rings. The van der Waals surface area contributed by atoms with E-state index in [1.165, 1.54) is 22.0 Å². The van der Waals surface area contributed by atoms with Crippen molar-refractivity contribution < 1.29 is 19.0 Å². The van der Waals surface area contributed by atoms with E-state index in [2.05, 4.69) is 25.6 Å². The molecule has 31 heavy (non-hydrogen) atoms. The number of benzene rings is 1. The first-order valence-electron chi connectivity index (χ1n) is 9.51. The van der Waals surface area contributed by atoms with E-state index < -0.39 is 18.0 Å². The number of tetrazole rings is 1. The van der Waals surface area contributed by atoms with Gasteiger partial charge in [0.2, 0.25) is 5.82 Å². The van der Waals surface area contributed by atoms with E-state index >= 15 is 0 Å².